The average molecular weight is 461 g/mol. The van der Waals surface area contributed by atoms with Gasteiger partial charge in [-0.25, -0.2) is 9.59 Å². The lowest BCUT2D eigenvalue weighted by Gasteiger charge is -2.26. The first-order valence-electron chi connectivity index (χ1n) is 10.7. The number of unbranched alkanes of at least 4 members (excludes halogenated alkanes) is 1. The Morgan fingerprint density at radius 1 is 1.16 bits per heavy atom. The van der Waals surface area contributed by atoms with Crippen LogP contribution in [-0.2, 0) is 22.4 Å². The lowest BCUT2D eigenvalue weighted by molar-refractivity contribution is 0.0600. The van der Waals surface area contributed by atoms with Crippen LogP contribution in [0.1, 0.15) is 57.8 Å². The molecule has 2 aromatic rings. The number of nitrogens with zero attached hydrogens (tertiary/aromatic N) is 1. The molecule has 0 radical (unpaired) electrons. The number of ether oxygens (including phenoxy) is 3. The topological polar surface area (TPSA) is 94.2 Å². The van der Waals surface area contributed by atoms with Gasteiger partial charge in [0.05, 0.1) is 32.4 Å². The van der Waals surface area contributed by atoms with Gasteiger partial charge < -0.3 is 24.4 Å². The average Bonchev–Trinajstić information content (AvgIpc) is 3.16. The second-order valence-corrected chi connectivity index (χ2v) is 8.36. The van der Waals surface area contributed by atoms with Gasteiger partial charge in [-0.15, -0.1) is 11.3 Å². The normalized spacial score (nSPS) is 12.7. The van der Waals surface area contributed by atoms with Gasteiger partial charge in [-0.2, -0.15) is 0 Å². The minimum absolute atomic E-state index is 0.295. The summed E-state index contributed by atoms with van der Waals surface area (Å²) in [4.78, 5) is 39.8. The SMILES string of the molecule is CCCCOc1ccc(C(=O)Nc2sc3c(c2C(=O)OC)CCN(C(=O)OCC)C3)cc1. The van der Waals surface area contributed by atoms with Crippen LogP contribution in [-0.4, -0.2) is 49.7 Å². The number of amides is 2. The molecule has 1 aromatic carbocycles. The molecule has 0 fully saturated rings. The Kier molecular flexibility index (Phi) is 8.10. The van der Waals surface area contributed by atoms with E-state index in [0.29, 0.717) is 54.6 Å². The molecule has 32 heavy (non-hydrogen) atoms. The van der Waals surface area contributed by atoms with Crippen molar-refractivity contribution in [2.45, 2.75) is 39.7 Å². The molecular weight excluding hydrogens is 432 g/mol. The van der Waals surface area contributed by atoms with Crippen LogP contribution in [0.2, 0.25) is 0 Å². The summed E-state index contributed by atoms with van der Waals surface area (Å²) in [5.74, 6) is -0.144. The van der Waals surface area contributed by atoms with Gasteiger partial charge in [0.15, 0.2) is 0 Å². The molecule has 0 bridgehead atoms. The molecule has 9 heteroatoms. The first kappa shape index (κ1) is 23.6. The fourth-order valence-electron chi connectivity index (χ4n) is 3.39. The molecule has 1 N–H and O–H groups in total. The van der Waals surface area contributed by atoms with Crippen LogP contribution in [0.3, 0.4) is 0 Å². The van der Waals surface area contributed by atoms with E-state index in [0.717, 1.165) is 23.3 Å². The Bertz CT molecular complexity index is 970. The summed E-state index contributed by atoms with van der Waals surface area (Å²) in [7, 11) is 1.31. The van der Waals surface area contributed by atoms with Gasteiger partial charge in [0, 0.05) is 17.0 Å². The first-order chi connectivity index (χ1) is 15.5. The minimum atomic E-state index is -0.512. The number of esters is 1. The van der Waals surface area contributed by atoms with Crippen LogP contribution >= 0.6 is 11.3 Å². The number of benzene rings is 1. The number of methoxy groups -OCH3 is 1. The van der Waals surface area contributed by atoms with E-state index in [-0.39, 0.29) is 5.91 Å². The Morgan fingerprint density at radius 3 is 2.56 bits per heavy atom. The molecule has 1 aliphatic heterocycles. The fourth-order valence-corrected chi connectivity index (χ4v) is 4.64. The Labute approximate surface area is 191 Å². The number of carbonyl (C=O) groups is 3. The molecule has 2 amide bonds. The van der Waals surface area contributed by atoms with Crippen LogP contribution < -0.4 is 10.1 Å². The second-order valence-electron chi connectivity index (χ2n) is 7.25. The predicted molar refractivity (Wildman–Crippen MR) is 122 cm³/mol. The third-order valence-corrected chi connectivity index (χ3v) is 6.21. The van der Waals surface area contributed by atoms with Crippen LogP contribution in [0.5, 0.6) is 5.75 Å². The summed E-state index contributed by atoms with van der Waals surface area (Å²) in [6.45, 7) is 5.53. The molecule has 1 aromatic heterocycles. The molecule has 3 rings (SSSR count). The Morgan fingerprint density at radius 2 is 1.91 bits per heavy atom. The highest BCUT2D eigenvalue weighted by Gasteiger charge is 2.31. The number of hydrogen-bond donors (Lipinski definition) is 1. The number of carbonyl (C=O) groups excluding carboxylic acids is 3. The number of anilines is 1. The molecule has 0 atom stereocenters. The molecule has 1 aliphatic rings. The zero-order chi connectivity index (χ0) is 23.1. The molecule has 0 unspecified atom stereocenters. The largest absolute Gasteiger partial charge is 0.494 e. The number of fused-ring (bicyclic) bond motifs is 1. The van der Waals surface area contributed by atoms with Crippen molar-refractivity contribution >= 4 is 34.3 Å². The standard InChI is InChI=1S/C23H28N2O6S/c1-4-6-13-31-16-9-7-15(8-10-16)20(26)24-21-19(22(27)29-3)17-11-12-25(14-18(17)32-21)23(28)30-5-2/h7-10H,4-6,11-14H2,1-3H3,(H,24,26). The molecule has 0 saturated heterocycles. The summed E-state index contributed by atoms with van der Waals surface area (Å²) in [6.07, 6.45) is 2.10. The predicted octanol–water partition coefficient (Wildman–Crippen LogP) is 4.48. The molecule has 172 valence electrons. The number of nitrogens with one attached hydrogen (secondary N) is 1. The van der Waals surface area contributed by atoms with Gasteiger partial charge in [-0.1, -0.05) is 13.3 Å². The lowest BCUT2D eigenvalue weighted by Crippen LogP contribution is -2.36. The molecule has 2 heterocycles. The van der Waals surface area contributed by atoms with E-state index in [1.807, 2.05) is 0 Å². The van der Waals surface area contributed by atoms with Crippen molar-refractivity contribution in [2.75, 3.05) is 32.2 Å². The third-order valence-electron chi connectivity index (χ3n) is 5.08. The smallest absolute Gasteiger partial charge is 0.410 e. The monoisotopic (exact) mass is 460 g/mol. The van der Waals surface area contributed by atoms with Crippen molar-refractivity contribution in [1.29, 1.82) is 0 Å². The summed E-state index contributed by atoms with van der Waals surface area (Å²) in [6, 6.07) is 6.87. The van der Waals surface area contributed by atoms with E-state index in [4.69, 9.17) is 14.2 Å². The molecular formula is C23H28N2O6S. The van der Waals surface area contributed by atoms with E-state index in [1.54, 1.807) is 36.1 Å². The van der Waals surface area contributed by atoms with Gasteiger partial charge in [0.1, 0.15) is 10.8 Å². The van der Waals surface area contributed by atoms with Gasteiger partial charge >= 0.3 is 12.1 Å². The summed E-state index contributed by atoms with van der Waals surface area (Å²) >= 11 is 1.28. The number of thiophene rings is 1. The second kappa shape index (κ2) is 11.0. The van der Waals surface area contributed by atoms with Gasteiger partial charge in [0.25, 0.3) is 5.91 Å². The first-order valence-corrected chi connectivity index (χ1v) is 11.5. The highest BCUT2D eigenvalue weighted by molar-refractivity contribution is 7.17. The van der Waals surface area contributed by atoms with Crippen LogP contribution in [0, 0.1) is 0 Å². The van der Waals surface area contributed by atoms with Gasteiger partial charge in [0.2, 0.25) is 0 Å². The van der Waals surface area contributed by atoms with Crippen molar-refractivity contribution in [2.24, 2.45) is 0 Å². The maximum Gasteiger partial charge on any atom is 0.410 e. The van der Waals surface area contributed by atoms with Crippen molar-refractivity contribution < 1.29 is 28.6 Å². The zero-order valence-corrected chi connectivity index (χ0v) is 19.4. The Balaban J connectivity index is 1.78. The van der Waals surface area contributed by atoms with Crippen LogP contribution in [0.25, 0.3) is 0 Å². The summed E-state index contributed by atoms with van der Waals surface area (Å²) in [5.41, 5.74) is 1.60. The van der Waals surface area contributed by atoms with Crippen molar-refractivity contribution in [1.82, 2.24) is 4.90 Å². The van der Waals surface area contributed by atoms with Crippen molar-refractivity contribution in [3.05, 3.63) is 45.8 Å². The molecule has 8 nitrogen and oxygen atoms in total. The highest BCUT2D eigenvalue weighted by Crippen LogP contribution is 2.38. The van der Waals surface area contributed by atoms with Crippen molar-refractivity contribution in [3.8, 4) is 5.75 Å². The van der Waals surface area contributed by atoms with E-state index in [1.165, 1.54) is 18.4 Å². The minimum Gasteiger partial charge on any atom is -0.494 e. The van der Waals surface area contributed by atoms with E-state index >= 15 is 0 Å². The van der Waals surface area contributed by atoms with Crippen molar-refractivity contribution in [3.63, 3.8) is 0 Å². The number of hydrogen-bond acceptors (Lipinski definition) is 7. The molecule has 0 aliphatic carbocycles. The summed E-state index contributed by atoms with van der Waals surface area (Å²) in [5, 5.41) is 3.26. The van der Waals surface area contributed by atoms with Crippen LogP contribution in [0.4, 0.5) is 9.80 Å². The zero-order valence-electron chi connectivity index (χ0n) is 18.6. The highest BCUT2D eigenvalue weighted by atomic mass is 32.1. The quantitative estimate of drug-likeness (QED) is 0.461. The summed E-state index contributed by atoms with van der Waals surface area (Å²) < 4.78 is 15.7. The number of rotatable bonds is 8. The van der Waals surface area contributed by atoms with Gasteiger partial charge in [-0.3, -0.25) is 4.79 Å². The fraction of sp³-hybridized carbons (Fsp3) is 0.435. The lowest BCUT2D eigenvalue weighted by atomic mass is 10.0. The van der Waals surface area contributed by atoms with Gasteiger partial charge in [-0.05, 0) is 49.6 Å². The van der Waals surface area contributed by atoms with E-state index in [2.05, 4.69) is 12.2 Å². The molecule has 0 saturated carbocycles. The molecule has 0 spiro atoms. The van der Waals surface area contributed by atoms with E-state index in [9.17, 15) is 14.4 Å². The van der Waals surface area contributed by atoms with E-state index < -0.39 is 12.1 Å². The maximum atomic E-state index is 12.8. The Hall–Kier alpha value is -3.07. The third kappa shape index (κ3) is 5.40. The maximum absolute atomic E-state index is 12.8. The van der Waals surface area contributed by atoms with Crippen LogP contribution in [0.15, 0.2) is 24.3 Å².